The van der Waals surface area contributed by atoms with Crippen molar-refractivity contribution in [1.29, 1.82) is 0 Å². The number of hydrogen-bond donors (Lipinski definition) is 0. The number of benzene rings is 1. The molecular weight excluding hydrogens is 375 g/mol. The standard InChI is InChI=1S/C18H17ClF5N2/c1-11(2)5-4-6-13-8-7-12(3)9-14(13)26-16(19)10-15(25-26)17(20,21)18(22,23)24/h5,8-10H,4,6H2,1-3H3. The lowest BCUT2D eigenvalue weighted by atomic mass is 10.0. The van der Waals surface area contributed by atoms with Gasteiger partial charge in [-0.25, -0.2) is 4.68 Å². The van der Waals surface area contributed by atoms with E-state index < -0.39 is 17.8 Å². The van der Waals surface area contributed by atoms with Crippen LogP contribution in [0.4, 0.5) is 22.0 Å². The number of halogens is 6. The van der Waals surface area contributed by atoms with Crippen molar-refractivity contribution < 1.29 is 22.0 Å². The predicted octanol–water partition coefficient (Wildman–Crippen LogP) is 6.19. The number of rotatable bonds is 5. The van der Waals surface area contributed by atoms with Gasteiger partial charge < -0.3 is 0 Å². The van der Waals surface area contributed by atoms with Crippen LogP contribution in [0.3, 0.4) is 0 Å². The van der Waals surface area contributed by atoms with Crippen LogP contribution >= 0.6 is 11.6 Å². The smallest absolute Gasteiger partial charge is 0.221 e. The first-order chi connectivity index (χ1) is 11.9. The fourth-order valence-electron chi connectivity index (χ4n) is 2.35. The van der Waals surface area contributed by atoms with Gasteiger partial charge in [0.2, 0.25) is 0 Å². The van der Waals surface area contributed by atoms with E-state index in [1.807, 2.05) is 19.9 Å². The molecule has 0 saturated heterocycles. The minimum absolute atomic E-state index is 0.321. The van der Waals surface area contributed by atoms with Gasteiger partial charge in [-0.2, -0.15) is 27.1 Å². The number of aryl methyl sites for hydroxylation is 2. The van der Waals surface area contributed by atoms with Crippen LogP contribution in [-0.2, 0) is 12.3 Å². The molecule has 1 aromatic carbocycles. The molecule has 0 spiro atoms. The van der Waals surface area contributed by atoms with Gasteiger partial charge >= 0.3 is 12.1 Å². The normalized spacial score (nSPS) is 12.3. The van der Waals surface area contributed by atoms with Gasteiger partial charge in [0.1, 0.15) is 10.8 Å². The second-order valence-electron chi connectivity index (χ2n) is 6.18. The largest absolute Gasteiger partial charge is 0.459 e. The van der Waals surface area contributed by atoms with E-state index in [1.165, 1.54) is 0 Å². The lowest BCUT2D eigenvalue weighted by Crippen LogP contribution is -2.34. The molecule has 141 valence electrons. The van der Waals surface area contributed by atoms with Crippen LogP contribution in [0.25, 0.3) is 5.69 Å². The van der Waals surface area contributed by atoms with Crippen LogP contribution < -0.4 is 0 Å². The molecule has 1 heterocycles. The number of alkyl halides is 5. The van der Waals surface area contributed by atoms with E-state index in [1.54, 1.807) is 19.1 Å². The van der Waals surface area contributed by atoms with Crippen molar-refractivity contribution in [2.24, 2.45) is 0 Å². The average Bonchev–Trinajstić information content (AvgIpc) is 2.89. The van der Waals surface area contributed by atoms with E-state index in [0.717, 1.165) is 10.3 Å². The minimum atomic E-state index is -5.75. The molecule has 2 aromatic rings. The topological polar surface area (TPSA) is 17.8 Å². The summed E-state index contributed by atoms with van der Waals surface area (Å²) in [5, 5.41) is 3.13. The highest BCUT2D eigenvalue weighted by Gasteiger charge is 2.60. The van der Waals surface area contributed by atoms with Gasteiger partial charge in [0.15, 0.2) is 0 Å². The first kappa shape index (κ1) is 20.4. The molecular formula is C18H17ClF5N2. The Hall–Kier alpha value is -1.89. The van der Waals surface area contributed by atoms with Gasteiger partial charge in [0, 0.05) is 6.07 Å². The third-order valence-electron chi connectivity index (χ3n) is 3.69. The van der Waals surface area contributed by atoms with Crippen LogP contribution in [0.15, 0.2) is 29.8 Å². The summed E-state index contributed by atoms with van der Waals surface area (Å²) in [7, 11) is 0. The third kappa shape index (κ3) is 4.26. The summed E-state index contributed by atoms with van der Waals surface area (Å²) in [5.74, 6) is -5.08. The number of nitrogens with zero attached hydrogens (tertiary/aromatic N) is 2. The van der Waals surface area contributed by atoms with E-state index in [-0.39, 0.29) is 5.15 Å². The zero-order chi connectivity index (χ0) is 19.7. The summed E-state index contributed by atoms with van der Waals surface area (Å²) in [5.41, 5.74) is 1.42. The number of aromatic nitrogens is 2. The van der Waals surface area contributed by atoms with E-state index in [0.29, 0.717) is 35.7 Å². The second-order valence-corrected chi connectivity index (χ2v) is 6.57. The molecule has 2 nitrogen and oxygen atoms in total. The van der Waals surface area contributed by atoms with Crippen molar-refractivity contribution in [2.75, 3.05) is 0 Å². The highest BCUT2D eigenvalue weighted by Crippen LogP contribution is 2.44. The lowest BCUT2D eigenvalue weighted by Gasteiger charge is -2.17. The zero-order valence-electron chi connectivity index (χ0n) is 14.4. The minimum Gasteiger partial charge on any atom is -0.221 e. The fraction of sp³-hybridized carbons (Fsp3) is 0.389. The van der Waals surface area contributed by atoms with Crippen molar-refractivity contribution >= 4 is 11.6 Å². The Morgan fingerprint density at radius 1 is 1.23 bits per heavy atom. The number of hydrogen-bond acceptors (Lipinski definition) is 1. The second kappa shape index (κ2) is 7.39. The lowest BCUT2D eigenvalue weighted by molar-refractivity contribution is -0.291. The molecule has 0 unspecified atom stereocenters. The summed E-state index contributed by atoms with van der Waals surface area (Å²) in [6.45, 7) is 5.61. The monoisotopic (exact) mass is 391 g/mol. The maximum absolute atomic E-state index is 13.6. The van der Waals surface area contributed by atoms with Crippen LogP contribution in [0.2, 0.25) is 5.15 Å². The Bertz CT molecular complexity index is 817. The van der Waals surface area contributed by atoms with E-state index in [2.05, 4.69) is 11.2 Å². The molecule has 0 aliphatic carbocycles. The molecule has 0 saturated carbocycles. The first-order valence-corrected chi connectivity index (χ1v) is 8.17. The molecule has 1 aromatic heterocycles. The van der Waals surface area contributed by atoms with Crippen molar-refractivity contribution in [2.45, 2.75) is 45.7 Å². The zero-order valence-corrected chi connectivity index (χ0v) is 15.1. The number of allylic oxidation sites excluding steroid dienone is 2. The summed E-state index contributed by atoms with van der Waals surface area (Å²) in [6.07, 6.45) is -2.53. The van der Waals surface area contributed by atoms with E-state index in [4.69, 9.17) is 11.6 Å². The van der Waals surface area contributed by atoms with Crippen LogP contribution in [0.5, 0.6) is 0 Å². The fourth-order valence-corrected chi connectivity index (χ4v) is 2.59. The van der Waals surface area contributed by atoms with Crippen LogP contribution in [0, 0.1) is 13.0 Å². The highest BCUT2D eigenvalue weighted by atomic mass is 35.5. The molecule has 0 aliphatic heterocycles. The van der Waals surface area contributed by atoms with E-state index >= 15 is 0 Å². The van der Waals surface area contributed by atoms with Crippen LogP contribution in [0.1, 0.15) is 37.1 Å². The van der Waals surface area contributed by atoms with E-state index in [9.17, 15) is 22.0 Å². The first-order valence-electron chi connectivity index (χ1n) is 7.79. The SMILES string of the molecule is CC(C)=CCCc1c[c]c(C)cc1-n1nc(C(F)(F)C(F)(F)F)cc1Cl. The summed E-state index contributed by atoms with van der Waals surface area (Å²) in [4.78, 5) is 0. The van der Waals surface area contributed by atoms with Gasteiger partial charge in [-0.05, 0) is 62.9 Å². The van der Waals surface area contributed by atoms with Gasteiger partial charge in [0.05, 0.1) is 5.69 Å². The molecule has 0 atom stereocenters. The van der Waals surface area contributed by atoms with Crippen molar-refractivity contribution in [3.05, 3.63) is 57.9 Å². The Labute approximate surface area is 153 Å². The maximum atomic E-state index is 13.6. The van der Waals surface area contributed by atoms with Gasteiger partial charge in [-0.15, -0.1) is 0 Å². The third-order valence-corrected chi connectivity index (χ3v) is 3.96. The molecule has 2 rings (SSSR count). The summed E-state index contributed by atoms with van der Waals surface area (Å²) < 4.78 is 65.8. The van der Waals surface area contributed by atoms with Crippen LogP contribution in [-0.4, -0.2) is 16.0 Å². The average molecular weight is 392 g/mol. The Balaban J connectivity index is 2.49. The van der Waals surface area contributed by atoms with Crippen molar-refractivity contribution in [1.82, 2.24) is 9.78 Å². The maximum Gasteiger partial charge on any atom is 0.459 e. The molecule has 0 N–H and O–H groups in total. The molecule has 0 amide bonds. The Kier molecular flexibility index (Phi) is 5.80. The summed E-state index contributed by atoms with van der Waals surface area (Å²) >= 11 is 5.92. The molecule has 0 aliphatic rings. The predicted molar refractivity (Wildman–Crippen MR) is 89.8 cm³/mol. The van der Waals surface area contributed by atoms with Gasteiger partial charge in [-0.1, -0.05) is 23.3 Å². The molecule has 26 heavy (non-hydrogen) atoms. The quantitative estimate of drug-likeness (QED) is 0.439. The molecule has 8 heteroatoms. The molecule has 0 fully saturated rings. The summed E-state index contributed by atoms with van der Waals surface area (Å²) in [6, 6.07) is 6.81. The highest BCUT2D eigenvalue weighted by molar-refractivity contribution is 6.29. The Morgan fingerprint density at radius 3 is 2.46 bits per heavy atom. The Morgan fingerprint density at radius 2 is 1.88 bits per heavy atom. The van der Waals surface area contributed by atoms with Gasteiger partial charge in [0.25, 0.3) is 0 Å². The molecule has 0 bridgehead atoms. The van der Waals surface area contributed by atoms with Gasteiger partial charge in [-0.3, -0.25) is 0 Å². The van der Waals surface area contributed by atoms with Crippen molar-refractivity contribution in [3.8, 4) is 5.69 Å². The van der Waals surface area contributed by atoms with Crippen molar-refractivity contribution in [3.63, 3.8) is 0 Å². The molecule has 1 radical (unpaired) electrons.